The summed E-state index contributed by atoms with van der Waals surface area (Å²) < 4.78 is 4.96. The van der Waals surface area contributed by atoms with Gasteiger partial charge in [-0.2, -0.15) is 0 Å². The summed E-state index contributed by atoms with van der Waals surface area (Å²) in [6.45, 7) is 7.52. The number of hydrogen-bond donors (Lipinski definition) is 2. The SMILES string of the molecule is COCC(C)(NCC(C)(C)CN(C)C)C(=O)O. The number of carboxylic acids is 1. The molecule has 0 saturated heterocycles. The topological polar surface area (TPSA) is 61.8 Å². The van der Waals surface area contributed by atoms with Gasteiger partial charge in [-0.25, -0.2) is 0 Å². The quantitative estimate of drug-likeness (QED) is 0.658. The third-order valence-corrected chi connectivity index (χ3v) is 2.61. The molecule has 1 unspecified atom stereocenters. The van der Waals surface area contributed by atoms with E-state index >= 15 is 0 Å². The van der Waals surface area contributed by atoms with Crippen molar-refractivity contribution in [2.75, 3.05) is 40.9 Å². The van der Waals surface area contributed by atoms with Crippen LogP contribution < -0.4 is 5.32 Å². The summed E-state index contributed by atoms with van der Waals surface area (Å²) in [5, 5.41) is 12.3. The van der Waals surface area contributed by atoms with Crippen LogP contribution >= 0.6 is 0 Å². The predicted octanol–water partition coefficient (Wildman–Crippen LogP) is 0.654. The Morgan fingerprint density at radius 1 is 1.35 bits per heavy atom. The van der Waals surface area contributed by atoms with Gasteiger partial charge in [-0.3, -0.25) is 10.1 Å². The van der Waals surface area contributed by atoms with Gasteiger partial charge in [0.05, 0.1) is 6.61 Å². The first kappa shape index (κ1) is 16.4. The Morgan fingerprint density at radius 3 is 2.24 bits per heavy atom. The third-order valence-electron chi connectivity index (χ3n) is 2.61. The lowest BCUT2D eigenvalue weighted by atomic mass is 9.91. The van der Waals surface area contributed by atoms with E-state index in [0.29, 0.717) is 6.54 Å². The fraction of sp³-hybridized carbons (Fsp3) is 0.917. The lowest BCUT2D eigenvalue weighted by molar-refractivity contribution is -0.146. The van der Waals surface area contributed by atoms with Crippen LogP contribution in [0.4, 0.5) is 0 Å². The summed E-state index contributed by atoms with van der Waals surface area (Å²) in [6, 6.07) is 0. The Bertz CT molecular complexity index is 254. The van der Waals surface area contributed by atoms with Crippen LogP contribution in [0.5, 0.6) is 0 Å². The molecule has 0 aromatic heterocycles. The van der Waals surface area contributed by atoms with Crippen molar-refractivity contribution in [2.24, 2.45) is 5.41 Å². The van der Waals surface area contributed by atoms with Gasteiger partial charge in [-0.1, -0.05) is 13.8 Å². The number of nitrogens with one attached hydrogen (secondary N) is 1. The highest BCUT2D eigenvalue weighted by molar-refractivity contribution is 5.78. The smallest absolute Gasteiger partial charge is 0.326 e. The number of rotatable bonds is 8. The minimum atomic E-state index is -1.03. The van der Waals surface area contributed by atoms with Crippen molar-refractivity contribution in [1.82, 2.24) is 10.2 Å². The van der Waals surface area contributed by atoms with Crippen molar-refractivity contribution in [3.8, 4) is 0 Å². The fourth-order valence-corrected chi connectivity index (χ4v) is 1.82. The van der Waals surface area contributed by atoms with Crippen molar-refractivity contribution >= 4 is 5.97 Å². The van der Waals surface area contributed by atoms with Crippen LogP contribution in [0, 0.1) is 5.41 Å². The van der Waals surface area contributed by atoms with Gasteiger partial charge in [-0.05, 0) is 26.4 Å². The molecule has 0 aromatic rings. The molecular formula is C12H26N2O3. The average molecular weight is 246 g/mol. The van der Waals surface area contributed by atoms with Crippen LogP contribution in [0.25, 0.3) is 0 Å². The van der Waals surface area contributed by atoms with Gasteiger partial charge in [0.2, 0.25) is 0 Å². The van der Waals surface area contributed by atoms with Gasteiger partial charge in [0.15, 0.2) is 0 Å². The second-order valence-electron chi connectivity index (χ2n) is 5.83. The molecule has 17 heavy (non-hydrogen) atoms. The maximum atomic E-state index is 11.2. The van der Waals surface area contributed by atoms with E-state index in [1.807, 2.05) is 14.1 Å². The predicted molar refractivity (Wildman–Crippen MR) is 68.3 cm³/mol. The minimum absolute atomic E-state index is 0.00789. The summed E-state index contributed by atoms with van der Waals surface area (Å²) in [7, 11) is 5.52. The molecule has 0 aliphatic rings. The Kier molecular flexibility index (Phi) is 6.09. The number of ether oxygens (including phenoxy) is 1. The van der Waals surface area contributed by atoms with E-state index in [9.17, 15) is 9.90 Å². The van der Waals surface area contributed by atoms with E-state index in [4.69, 9.17) is 4.74 Å². The molecule has 0 amide bonds. The molecule has 0 radical (unpaired) electrons. The Hall–Kier alpha value is -0.650. The fourth-order valence-electron chi connectivity index (χ4n) is 1.82. The second kappa shape index (κ2) is 6.33. The summed E-state index contributed by atoms with van der Waals surface area (Å²) in [4.78, 5) is 13.3. The highest BCUT2D eigenvalue weighted by Gasteiger charge is 2.34. The number of methoxy groups -OCH3 is 1. The molecule has 2 N–H and O–H groups in total. The molecule has 0 heterocycles. The van der Waals surface area contributed by atoms with Crippen molar-refractivity contribution in [3.63, 3.8) is 0 Å². The normalized spacial score (nSPS) is 15.9. The van der Waals surface area contributed by atoms with Gasteiger partial charge in [0.1, 0.15) is 5.54 Å². The van der Waals surface area contributed by atoms with Crippen molar-refractivity contribution in [3.05, 3.63) is 0 Å². The van der Waals surface area contributed by atoms with Crippen LogP contribution in [0.1, 0.15) is 20.8 Å². The Labute approximate surface area is 104 Å². The van der Waals surface area contributed by atoms with E-state index in [0.717, 1.165) is 6.54 Å². The maximum absolute atomic E-state index is 11.2. The van der Waals surface area contributed by atoms with Crippen molar-refractivity contribution < 1.29 is 14.6 Å². The number of carbonyl (C=O) groups is 1. The molecule has 0 aromatic carbocycles. The molecule has 5 nitrogen and oxygen atoms in total. The first-order valence-corrected chi connectivity index (χ1v) is 5.75. The zero-order valence-electron chi connectivity index (χ0n) is 11.8. The summed E-state index contributed by atoms with van der Waals surface area (Å²) in [5.41, 5.74) is -1.02. The average Bonchev–Trinajstić information content (AvgIpc) is 2.13. The van der Waals surface area contributed by atoms with Gasteiger partial charge in [0, 0.05) is 20.2 Å². The molecule has 0 rings (SSSR count). The molecule has 0 saturated carbocycles. The molecule has 5 heteroatoms. The zero-order valence-corrected chi connectivity index (χ0v) is 11.8. The molecule has 0 bridgehead atoms. The van der Waals surface area contributed by atoms with Crippen molar-refractivity contribution in [1.29, 1.82) is 0 Å². The number of carboxylic acid groups (broad SMARTS) is 1. The lowest BCUT2D eigenvalue weighted by Gasteiger charge is -2.33. The van der Waals surface area contributed by atoms with Gasteiger partial charge < -0.3 is 14.7 Å². The van der Waals surface area contributed by atoms with Crippen LogP contribution in [0.15, 0.2) is 0 Å². The van der Waals surface area contributed by atoms with Gasteiger partial charge in [-0.15, -0.1) is 0 Å². The Morgan fingerprint density at radius 2 is 1.88 bits per heavy atom. The monoisotopic (exact) mass is 246 g/mol. The van der Waals surface area contributed by atoms with Gasteiger partial charge >= 0.3 is 5.97 Å². The Balaban J connectivity index is 4.45. The minimum Gasteiger partial charge on any atom is -0.480 e. The molecule has 0 aliphatic carbocycles. The van der Waals surface area contributed by atoms with E-state index in [1.54, 1.807) is 6.92 Å². The van der Waals surface area contributed by atoms with Crippen LogP contribution in [-0.4, -0.2) is 62.4 Å². The van der Waals surface area contributed by atoms with Crippen LogP contribution in [-0.2, 0) is 9.53 Å². The van der Waals surface area contributed by atoms with E-state index in [1.165, 1.54) is 7.11 Å². The largest absolute Gasteiger partial charge is 0.480 e. The first-order valence-electron chi connectivity index (χ1n) is 5.75. The molecule has 0 aliphatic heterocycles. The van der Waals surface area contributed by atoms with E-state index < -0.39 is 11.5 Å². The zero-order chi connectivity index (χ0) is 13.7. The number of hydrogen-bond acceptors (Lipinski definition) is 4. The summed E-state index contributed by atoms with van der Waals surface area (Å²) >= 11 is 0. The second-order valence-corrected chi connectivity index (χ2v) is 5.83. The number of nitrogens with zero attached hydrogens (tertiary/aromatic N) is 1. The maximum Gasteiger partial charge on any atom is 0.326 e. The molecule has 102 valence electrons. The molecule has 1 atom stereocenters. The standard InChI is InChI=1S/C12H26N2O3/c1-11(2,8-14(4)5)7-13-12(3,9-17-6)10(15)16/h13H,7-9H2,1-6H3,(H,15,16). The molecular weight excluding hydrogens is 220 g/mol. The third kappa shape index (κ3) is 6.00. The first-order chi connectivity index (χ1) is 7.63. The highest BCUT2D eigenvalue weighted by Crippen LogP contribution is 2.16. The summed E-state index contributed by atoms with van der Waals surface area (Å²) in [5.74, 6) is -0.889. The van der Waals surface area contributed by atoms with E-state index in [2.05, 4.69) is 24.1 Å². The van der Waals surface area contributed by atoms with Gasteiger partial charge in [0.25, 0.3) is 0 Å². The van der Waals surface area contributed by atoms with Crippen LogP contribution in [0.3, 0.4) is 0 Å². The molecule has 0 fully saturated rings. The van der Waals surface area contributed by atoms with E-state index in [-0.39, 0.29) is 12.0 Å². The lowest BCUT2D eigenvalue weighted by Crippen LogP contribution is -2.56. The number of aliphatic carboxylic acids is 1. The highest BCUT2D eigenvalue weighted by atomic mass is 16.5. The van der Waals surface area contributed by atoms with Crippen LogP contribution in [0.2, 0.25) is 0 Å². The van der Waals surface area contributed by atoms with Crippen molar-refractivity contribution in [2.45, 2.75) is 26.3 Å². The molecule has 0 spiro atoms. The summed E-state index contributed by atoms with van der Waals surface area (Å²) in [6.07, 6.45) is 0.